The van der Waals surface area contributed by atoms with Gasteiger partial charge in [-0.25, -0.2) is 13.2 Å². The molecular formula is C25H25N3O9S. The fourth-order valence-corrected chi connectivity index (χ4v) is 5.13. The van der Waals surface area contributed by atoms with Gasteiger partial charge in [0.15, 0.2) is 4.90 Å². The molecule has 0 aliphatic carbocycles. The lowest BCUT2D eigenvalue weighted by molar-refractivity contribution is -0.387. The van der Waals surface area contributed by atoms with Crippen LogP contribution in [0.5, 0.6) is 11.5 Å². The van der Waals surface area contributed by atoms with Crippen LogP contribution in [0.4, 0.5) is 17.1 Å². The first-order chi connectivity index (χ1) is 18.1. The normalized spacial score (nSPS) is 10.8. The standard InChI is InChI=1S/C25H25N3O9S/c1-4-37-25(30)18-9-5-6-10-19(18)26-24(29)16-27(20-14-13-17(35-2)15-22(20)36-3)38(33,34)23-12-8-7-11-21(23)28(31)32/h5-15H,4,16H2,1-3H3,(H,26,29). The minimum absolute atomic E-state index is 0.0335. The van der Waals surface area contributed by atoms with Crippen molar-refractivity contribution in [3.05, 3.63) is 82.4 Å². The summed E-state index contributed by atoms with van der Waals surface area (Å²) in [6.45, 7) is 0.932. The minimum atomic E-state index is -4.69. The van der Waals surface area contributed by atoms with Gasteiger partial charge in [0.25, 0.3) is 15.7 Å². The second kappa shape index (κ2) is 12.1. The fourth-order valence-electron chi connectivity index (χ4n) is 3.53. The smallest absolute Gasteiger partial charge is 0.340 e. The van der Waals surface area contributed by atoms with Gasteiger partial charge in [0.1, 0.15) is 18.0 Å². The molecule has 200 valence electrons. The second-order valence-corrected chi connectivity index (χ2v) is 9.42. The first kappa shape index (κ1) is 27.9. The van der Waals surface area contributed by atoms with E-state index in [4.69, 9.17) is 14.2 Å². The maximum Gasteiger partial charge on any atom is 0.340 e. The number of ether oxygens (including phenoxy) is 3. The van der Waals surface area contributed by atoms with Gasteiger partial charge >= 0.3 is 5.97 Å². The number of anilines is 2. The molecule has 3 aromatic rings. The van der Waals surface area contributed by atoms with E-state index in [1.165, 1.54) is 56.7 Å². The summed E-state index contributed by atoms with van der Waals surface area (Å²) >= 11 is 0. The molecule has 38 heavy (non-hydrogen) atoms. The molecule has 0 bridgehead atoms. The number of carbonyl (C=O) groups is 2. The number of methoxy groups -OCH3 is 2. The number of carbonyl (C=O) groups excluding carboxylic acids is 2. The van der Waals surface area contributed by atoms with Gasteiger partial charge in [-0.2, -0.15) is 0 Å². The zero-order valence-electron chi connectivity index (χ0n) is 20.7. The number of nitro groups is 1. The zero-order valence-corrected chi connectivity index (χ0v) is 21.6. The Labute approximate surface area is 218 Å². The summed E-state index contributed by atoms with van der Waals surface area (Å²) in [7, 11) is -1.98. The van der Waals surface area contributed by atoms with Gasteiger partial charge in [-0.3, -0.25) is 19.2 Å². The SMILES string of the molecule is CCOC(=O)c1ccccc1NC(=O)CN(c1ccc(OC)cc1OC)S(=O)(=O)c1ccccc1[N+](=O)[O-]. The highest BCUT2D eigenvalue weighted by atomic mass is 32.2. The molecule has 1 amide bonds. The van der Waals surface area contributed by atoms with Crippen molar-refractivity contribution in [2.24, 2.45) is 0 Å². The Hall–Kier alpha value is -4.65. The average Bonchev–Trinajstić information content (AvgIpc) is 2.91. The number of amides is 1. The van der Waals surface area contributed by atoms with E-state index in [1.54, 1.807) is 19.1 Å². The molecule has 3 rings (SSSR count). The van der Waals surface area contributed by atoms with E-state index in [-0.39, 0.29) is 29.3 Å². The number of hydrogen-bond donors (Lipinski definition) is 1. The molecule has 0 radical (unpaired) electrons. The molecular weight excluding hydrogens is 518 g/mol. The lowest BCUT2D eigenvalue weighted by Gasteiger charge is -2.26. The average molecular weight is 544 g/mol. The maximum atomic E-state index is 13.8. The van der Waals surface area contributed by atoms with Crippen LogP contribution in [-0.2, 0) is 19.6 Å². The van der Waals surface area contributed by atoms with Crippen molar-refractivity contribution >= 4 is 39.0 Å². The van der Waals surface area contributed by atoms with Crippen molar-refractivity contribution in [2.45, 2.75) is 11.8 Å². The molecule has 0 spiro atoms. The Balaban J connectivity index is 2.09. The summed E-state index contributed by atoms with van der Waals surface area (Å²) in [6, 6.07) is 15.1. The Kier molecular flexibility index (Phi) is 8.86. The van der Waals surface area contributed by atoms with E-state index < -0.39 is 44.0 Å². The number of hydrogen-bond acceptors (Lipinski definition) is 9. The molecule has 0 unspecified atom stereocenters. The lowest BCUT2D eigenvalue weighted by atomic mass is 10.2. The number of rotatable bonds is 11. The first-order valence-electron chi connectivity index (χ1n) is 11.2. The summed E-state index contributed by atoms with van der Waals surface area (Å²) in [6.07, 6.45) is 0. The molecule has 0 saturated carbocycles. The number of nitrogens with one attached hydrogen (secondary N) is 1. The lowest BCUT2D eigenvalue weighted by Crippen LogP contribution is -2.38. The molecule has 0 saturated heterocycles. The van der Waals surface area contributed by atoms with E-state index in [2.05, 4.69) is 5.32 Å². The largest absolute Gasteiger partial charge is 0.497 e. The number of nitro benzene ring substituents is 1. The second-order valence-electron chi connectivity index (χ2n) is 7.59. The number of esters is 1. The fraction of sp³-hybridized carbons (Fsp3) is 0.200. The summed E-state index contributed by atoms with van der Waals surface area (Å²) in [5, 5.41) is 14.1. The number of nitrogens with zero attached hydrogens (tertiary/aromatic N) is 2. The Morgan fingerprint density at radius 2 is 1.68 bits per heavy atom. The molecule has 3 aromatic carbocycles. The maximum absolute atomic E-state index is 13.8. The van der Waals surface area contributed by atoms with Crippen LogP contribution in [0.1, 0.15) is 17.3 Å². The van der Waals surface area contributed by atoms with Crippen molar-refractivity contribution in [3.63, 3.8) is 0 Å². The van der Waals surface area contributed by atoms with Crippen LogP contribution in [0.25, 0.3) is 0 Å². The molecule has 1 N–H and O–H groups in total. The van der Waals surface area contributed by atoms with E-state index >= 15 is 0 Å². The molecule has 13 heteroatoms. The van der Waals surface area contributed by atoms with Gasteiger partial charge in [0.2, 0.25) is 5.91 Å². The Morgan fingerprint density at radius 3 is 2.34 bits per heavy atom. The van der Waals surface area contributed by atoms with Gasteiger partial charge in [0, 0.05) is 12.1 Å². The quantitative estimate of drug-likeness (QED) is 0.217. The molecule has 0 heterocycles. The molecule has 0 aromatic heterocycles. The highest BCUT2D eigenvalue weighted by Gasteiger charge is 2.35. The Bertz CT molecular complexity index is 1460. The van der Waals surface area contributed by atoms with Crippen molar-refractivity contribution < 1.29 is 37.1 Å². The van der Waals surface area contributed by atoms with Gasteiger partial charge in [-0.1, -0.05) is 24.3 Å². The van der Waals surface area contributed by atoms with E-state index in [0.717, 1.165) is 12.1 Å². The van der Waals surface area contributed by atoms with Gasteiger partial charge in [0.05, 0.1) is 42.7 Å². The molecule has 0 fully saturated rings. The summed E-state index contributed by atoms with van der Waals surface area (Å²) < 4.78 is 43.8. The van der Waals surface area contributed by atoms with E-state index in [0.29, 0.717) is 10.1 Å². The summed E-state index contributed by atoms with van der Waals surface area (Å²) in [5.74, 6) is -1.13. The molecule has 0 aliphatic rings. The first-order valence-corrected chi connectivity index (χ1v) is 12.6. The van der Waals surface area contributed by atoms with Crippen LogP contribution < -0.4 is 19.1 Å². The summed E-state index contributed by atoms with van der Waals surface area (Å²) in [4.78, 5) is 35.6. The molecule has 12 nitrogen and oxygen atoms in total. The van der Waals surface area contributed by atoms with E-state index in [1.807, 2.05) is 0 Å². The van der Waals surface area contributed by atoms with Crippen LogP contribution in [0, 0.1) is 10.1 Å². The third kappa shape index (κ3) is 6.00. The topological polar surface area (TPSA) is 154 Å². The van der Waals surface area contributed by atoms with Gasteiger partial charge in [-0.15, -0.1) is 0 Å². The minimum Gasteiger partial charge on any atom is -0.497 e. The number of benzene rings is 3. The van der Waals surface area contributed by atoms with Crippen LogP contribution >= 0.6 is 0 Å². The zero-order chi connectivity index (χ0) is 27.9. The highest BCUT2D eigenvalue weighted by molar-refractivity contribution is 7.93. The van der Waals surface area contributed by atoms with Crippen molar-refractivity contribution in [2.75, 3.05) is 37.0 Å². The van der Waals surface area contributed by atoms with Crippen LogP contribution in [0.2, 0.25) is 0 Å². The Morgan fingerprint density at radius 1 is 1.00 bits per heavy atom. The monoisotopic (exact) mass is 543 g/mol. The van der Waals surface area contributed by atoms with Crippen LogP contribution in [0.3, 0.4) is 0 Å². The number of para-hydroxylation sites is 2. The highest BCUT2D eigenvalue weighted by Crippen LogP contribution is 2.37. The van der Waals surface area contributed by atoms with Crippen molar-refractivity contribution in [1.82, 2.24) is 0 Å². The third-order valence-corrected chi connectivity index (χ3v) is 7.08. The van der Waals surface area contributed by atoms with E-state index in [9.17, 15) is 28.1 Å². The molecule has 0 aliphatic heterocycles. The summed E-state index contributed by atoms with van der Waals surface area (Å²) in [5.41, 5.74) is -0.572. The van der Waals surface area contributed by atoms with Crippen molar-refractivity contribution in [3.8, 4) is 11.5 Å². The predicted octanol–water partition coefficient (Wildman–Crippen LogP) is 3.62. The van der Waals surface area contributed by atoms with Crippen molar-refractivity contribution in [1.29, 1.82) is 0 Å². The predicted molar refractivity (Wildman–Crippen MR) is 138 cm³/mol. The third-order valence-electron chi connectivity index (χ3n) is 5.27. The van der Waals surface area contributed by atoms with Gasteiger partial charge in [-0.05, 0) is 37.3 Å². The number of sulfonamides is 1. The van der Waals surface area contributed by atoms with Crippen LogP contribution in [-0.4, -0.2) is 52.6 Å². The van der Waals surface area contributed by atoms with Gasteiger partial charge < -0.3 is 19.5 Å². The molecule has 0 atom stereocenters. The van der Waals surface area contributed by atoms with Crippen LogP contribution in [0.15, 0.2) is 71.6 Å².